The maximum atomic E-state index is 13.2. The zero-order valence-electron chi connectivity index (χ0n) is 25.6. The monoisotopic (exact) mass is 608 g/mol. The van der Waals surface area contributed by atoms with E-state index in [0.717, 1.165) is 20.8 Å². The van der Waals surface area contributed by atoms with E-state index in [2.05, 4.69) is 0 Å². The molecule has 1 spiro atoms. The molecule has 2 N–H and O–H groups in total. The van der Waals surface area contributed by atoms with Gasteiger partial charge in [0.1, 0.15) is 12.2 Å². The van der Waals surface area contributed by atoms with Crippen LogP contribution in [0.2, 0.25) is 0 Å². The number of carbonyl (C=O) groups excluding carboxylic acids is 5. The topological polar surface area (TPSA) is 184 Å². The first kappa shape index (κ1) is 32.6. The zero-order chi connectivity index (χ0) is 32.3. The third-order valence-corrected chi connectivity index (χ3v) is 9.06. The minimum Gasteiger partial charge on any atom is -0.459 e. The molecule has 0 unspecified atom stereocenters. The van der Waals surface area contributed by atoms with Crippen molar-refractivity contribution in [1.82, 2.24) is 0 Å². The SMILES string of the molecule is CCCC(=O)O[C@H]1/C(C)=C/[C@@H]2OC(=O)[C@]3(C)O[C@@]23[C@H](OC(C)=O)[C@H]2[C@](C)(O)[C@H](O)C=C[C@]2(C)[C@@H](OC(C)=O)[C@H]1OC(C)=O. The largest absolute Gasteiger partial charge is 0.459 e. The highest BCUT2D eigenvalue weighted by molar-refractivity contribution is 5.89. The second-order valence-corrected chi connectivity index (χ2v) is 12.3. The predicted octanol–water partition coefficient (Wildman–Crippen LogP) is 1.21. The minimum atomic E-state index is -2.12. The van der Waals surface area contributed by atoms with Crippen molar-refractivity contribution in [3.8, 4) is 0 Å². The van der Waals surface area contributed by atoms with Crippen molar-refractivity contribution < 1.29 is 62.6 Å². The first-order valence-corrected chi connectivity index (χ1v) is 14.3. The Bertz CT molecular complexity index is 1270. The van der Waals surface area contributed by atoms with Crippen LogP contribution in [-0.4, -0.2) is 93.5 Å². The first-order valence-electron chi connectivity index (χ1n) is 14.3. The van der Waals surface area contributed by atoms with Gasteiger partial charge in [0.25, 0.3) is 0 Å². The number of carbonyl (C=O) groups is 5. The van der Waals surface area contributed by atoms with Gasteiger partial charge in [-0.05, 0) is 38.8 Å². The molecule has 43 heavy (non-hydrogen) atoms. The van der Waals surface area contributed by atoms with Crippen LogP contribution in [0.1, 0.15) is 68.2 Å². The summed E-state index contributed by atoms with van der Waals surface area (Å²) in [7, 11) is 0. The van der Waals surface area contributed by atoms with Crippen LogP contribution in [-0.2, 0) is 52.4 Å². The Morgan fingerprint density at radius 3 is 2.07 bits per heavy atom. The van der Waals surface area contributed by atoms with Gasteiger partial charge in [0.15, 0.2) is 35.6 Å². The predicted molar refractivity (Wildman–Crippen MR) is 145 cm³/mol. The quantitative estimate of drug-likeness (QED) is 0.190. The fourth-order valence-corrected chi connectivity index (χ4v) is 7.06. The van der Waals surface area contributed by atoms with Gasteiger partial charge in [-0.2, -0.15) is 0 Å². The van der Waals surface area contributed by atoms with Crippen LogP contribution in [0.25, 0.3) is 0 Å². The maximum absolute atomic E-state index is 13.2. The molecule has 13 heteroatoms. The van der Waals surface area contributed by atoms with Gasteiger partial charge in [-0.1, -0.05) is 26.0 Å². The van der Waals surface area contributed by atoms with Gasteiger partial charge < -0.3 is 38.6 Å². The van der Waals surface area contributed by atoms with E-state index in [4.69, 9.17) is 28.4 Å². The lowest BCUT2D eigenvalue weighted by molar-refractivity contribution is -0.230. The van der Waals surface area contributed by atoms with Crippen molar-refractivity contribution in [2.75, 3.05) is 0 Å². The summed E-state index contributed by atoms with van der Waals surface area (Å²) in [4.78, 5) is 64.0. The van der Waals surface area contributed by atoms with Crippen molar-refractivity contribution in [1.29, 1.82) is 0 Å². The van der Waals surface area contributed by atoms with Crippen LogP contribution in [0.15, 0.2) is 23.8 Å². The molecule has 4 aliphatic rings. The van der Waals surface area contributed by atoms with Gasteiger partial charge >= 0.3 is 29.8 Å². The minimum absolute atomic E-state index is 0.0214. The summed E-state index contributed by atoms with van der Waals surface area (Å²) in [6.07, 6.45) is -3.92. The summed E-state index contributed by atoms with van der Waals surface area (Å²) in [6.45, 7) is 11.1. The maximum Gasteiger partial charge on any atom is 0.342 e. The van der Waals surface area contributed by atoms with Crippen molar-refractivity contribution in [2.24, 2.45) is 11.3 Å². The molecule has 0 aromatic heterocycles. The van der Waals surface area contributed by atoms with Gasteiger partial charge in [-0.3, -0.25) is 19.2 Å². The van der Waals surface area contributed by atoms with Crippen LogP contribution in [0.4, 0.5) is 0 Å². The van der Waals surface area contributed by atoms with E-state index in [0.29, 0.717) is 6.42 Å². The van der Waals surface area contributed by atoms with E-state index in [9.17, 15) is 34.2 Å². The Labute approximate surface area is 249 Å². The molecule has 11 atom stereocenters. The lowest BCUT2D eigenvalue weighted by Crippen LogP contribution is -2.69. The van der Waals surface area contributed by atoms with E-state index in [1.54, 1.807) is 20.8 Å². The van der Waals surface area contributed by atoms with Crippen molar-refractivity contribution in [2.45, 2.75) is 122 Å². The van der Waals surface area contributed by atoms with E-state index in [1.165, 1.54) is 32.1 Å². The molecule has 0 radical (unpaired) electrons. The van der Waals surface area contributed by atoms with E-state index >= 15 is 0 Å². The Morgan fingerprint density at radius 2 is 1.53 bits per heavy atom. The van der Waals surface area contributed by atoms with Gasteiger partial charge in [-0.15, -0.1) is 0 Å². The van der Waals surface area contributed by atoms with Crippen LogP contribution >= 0.6 is 0 Å². The Hall–Kier alpha value is -3.29. The average molecular weight is 609 g/mol. The highest BCUT2D eigenvalue weighted by Gasteiger charge is 2.88. The summed E-state index contributed by atoms with van der Waals surface area (Å²) < 4.78 is 35.2. The van der Waals surface area contributed by atoms with Crippen molar-refractivity contribution >= 4 is 29.8 Å². The van der Waals surface area contributed by atoms with E-state index in [-0.39, 0.29) is 12.0 Å². The Balaban J connectivity index is 2.10. The fourth-order valence-electron chi connectivity index (χ4n) is 7.06. The molecule has 0 aromatic rings. The number of esters is 5. The molecule has 238 valence electrons. The van der Waals surface area contributed by atoms with Crippen molar-refractivity contribution in [3.05, 3.63) is 23.8 Å². The van der Waals surface area contributed by atoms with Gasteiger partial charge in [-0.25, -0.2) is 4.79 Å². The summed E-state index contributed by atoms with van der Waals surface area (Å²) in [5.41, 5.74) is -6.81. The summed E-state index contributed by atoms with van der Waals surface area (Å²) in [5, 5.41) is 23.0. The smallest absolute Gasteiger partial charge is 0.342 e. The van der Waals surface area contributed by atoms with Crippen LogP contribution in [0.3, 0.4) is 0 Å². The number of hydrogen-bond acceptors (Lipinski definition) is 13. The number of hydrogen-bond donors (Lipinski definition) is 2. The molecular weight excluding hydrogens is 568 g/mol. The second kappa shape index (κ2) is 11.0. The highest BCUT2D eigenvalue weighted by atomic mass is 16.7. The molecule has 2 saturated heterocycles. The number of aliphatic hydroxyl groups excluding tert-OH is 1. The summed E-state index contributed by atoms with van der Waals surface area (Å²) in [6, 6.07) is 0. The van der Waals surface area contributed by atoms with Crippen LogP contribution < -0.4 is 0 Å². The molecule has 0 bridgehead atoms. The third kappa shape index (κ3) is 5.14. The van der Waals surface area contributed by atoms with Crippen LogP contribution in [0, 0.1) is 11.3 Å². The number of epoxide rings is 1. The molecule has 2 fully saturated rings. The molecule has 0 amide bonds. The first-order chi connectivity index (χ1) is 19.9. The zero-order valence-corrected chi connectivity index (χ0v) is 25.6. The normalized spacial score (nSPS) is 44.3. The van der Waals surface area contributed by atoms with E-state index < -0.39 is 94.6 Å². The third-order valence-electron chi connectivity index (χ3n) is 9.06. The van der Waals surface area contributed by atoms with Gasteiger partial charge in [0.05, 0.1) is 5.60 Å². The molecular formula is C30H40O13. The highest BCUT2D eigenvalue weighted by Crippen LogP contribution is 2.65. The van der Waals surface area contributed by atoms with Crippen molar-refractivity contribution in [3.63, 3.8) is 0 Å². The lowest BCUT2D eigenvalue weighted by atomic mass is 9.55. The summed E-state index contributed by atoms with van der Waals surface area (Å²) in [5.74, 6) is -5.17. The Kier molecular flexibility index (Phi) is 8.35. The lowest BCUT2D eigenvalue weighted by Gasteiger charge is -2.55. The molecule has 4 rings (SSSR count). The standard InChI is InChI=1S/C30H40O13/c1-9-10-20(35)42-21-14(2)13-19-30(29(8,43-30)26(36)41-19)25(40-17(5)33)23-27(6,12-11-18(34)28(23,7)37)24(39-16(4)32)22(21)38-15(3)31/h11-13,18-19,21-25,34,37H,9-10H2,1-8H3/b14-13+/t18-,19+,21+,22+,23-,24+,25-,27+,28-,29+,30-/m1/s1. The molecule has 0 aromatic carbocycles. The fraction of sp³-hybridized carbons (Fsp3) is 0.700. The molecule has 2 aliphatic carbocycles. The van der Waals surface area contributed by atoms with Gasteiger partial charge in [0, 0.05) is 38.5 Å². The number of aliphatic hydroxyl groups is 2. The van der Waals surface area contributed by atoms with E-state index in [1.807, 2.05) is 0 Å². The number of ether oxygens (including phenoxy) is 6. The Morgan fingerprint density at radius 1 is 0.953 bits per heavy atom. The average Bonchev–Trinajstić information content (AvgIpc) is 3.47. The molecule has 2 heterocycles. The summed E-state index contributed by atoms with van der Waals surface area (Å²) >= 11 is 0. The van der Waals surface area contributed by atoms with Crippen LogP contribution in [0.5, 0.6) is 0 Å². The molecule has 13 nitrogen and oxygen atoms in total. The van der Waals surface area contributed by atoms with Gasteiger partial charge in [0.2, 0.25) is 0 Å². The molecule has 0 saturated carbocycles. The molecule has 2 aliphatic heterocycles. The number of fused-ring (bicyclic) bond motifs is 1. The second-order valence-electron chi connectivity index (χ2n) is 12.3. The number of rotatable bonds is 6.